The number of rotatable bonds is 6. The zero-order valence-corrected chi connectivity index (χ0v) is 16.0. The molecule has 0 atom stereocenters. The maximum absolute atomic E-state index is 12.7. The van der Waals surface area contributed by atoms with Crippen LogP contribution in [0.4, 0.5) is 18.9 Å². The minimum atomic E-state index is -4.79. The Morgan fingerprint density at radius 1 is 1.17 bits per heavy atom. The van der Waals surface area contributed by atoms with Crippen molar-refractivity contribution in [2.45, 2.75) is 13.0 Å². The number of carbonyl (C=O) groups excluding carboxylic acids is 1. The Morgan fingerprint density at radius 3 is 2.77 bits per heavy atom. The summed E-state index contributed by atoms with van der Waals surface area (Å²) in [5.41, 5.74) is 3.46. The van der Waals surface area contributed by atoms with Crippen LogP contribution >= 0.6 is 11.3 Å². The van der Waals surface area contributed by atoms with Crippen LogP contribution in [0.2, 0.25) is 0 Å². The molecule has 6 nitrogen and oxygen atoms in total. The van der Waals surface area contributed by atoms with Crippen molar-refractivity contribution in [2.75, 3.05) is 5.32 Å². The van der Waals surface area contributed by atoms with E-state index >= 15 is 0 Å². The van der Waals surface area contributed by atoms with Crippen LogP contribution in [-0.4, -0.2) is 22.2 Å². The average Bonchev–Trinajstić information content (AvgIpc) is 3.35. The Kier molecular flexibility index (Phi) is 5.32. The molecule has 0 unspecified atom stereocenters. The molecular formula is C20H14F3N3O3S. The molecule has 4 aromatic rings. The van der Waals surface area contributed by atoms with Crippen molar-refractivity contribution in [3.63, 3.8) is 0 Å². The summed E-state index contributed by atoms with van der Waals surface area (Å²) in [5, 5.41) is 5.18. The molecule has 154 valence electrons. The zero-order valence-electron chi connectivity index (χ0n) is 15.2. The summed E-state index contributed by atoms with van der Waals surface area (Å²) in [6.07, 6.45) is -4.79. The van der Waals surface area contributed by atoms with Gasteiger partial charge in [-0.3, -0.25) is 4.79 Å². The van der Waals surface area contributed by atoms with Crippen LogP contribution in [0.25, 0.3) is 10.9 Å². The monoisotopic (exact) mass is 433 g/mol. The van der Waals surface area contributed by atoms with E-state index in [-0.39, 0.29) is 18.1 Å². The highest BCUT2D eigenvalue weighted by atomic mass is 32.1. The number of aromatic amines is 1. The van der Waals surface area contributed by atoms with Gasteiger partial charge in [0.2, 0.25) is 0 Å². The van der Waals surface area contributed by atoms with Crippen LogP contribution in [0.5, 0.6) is 11.5 Å². The number of H-pyrrole nitrogens is 1. The van der Waals surface area contributed by atoms with Crippen LogP contribution in [0.15, 0.2) is 59.4 Å². The summed E-state index contributed by atoms with van der Waals surface area (Å²) in [6, 6.07) is 12.3. The smallest absolute Gasteiger partial charge is 0.485 e. The fourth-order valence-electron chi connectivity index (χ4n) is 2.77. The first-order valence-corrected chi connectivity index (χ1v) is 9.60. The summed E-state index contributed by atoms with van der Waals surface area (Å²) in [5.74, 6) is -0.366. The van der Waals surface area contributed by atoms with Crippen molar-refractivity contribution in [3.8, 4) is 11.5 Å². The number of halogens is 3. The molecule has 0 radical (unpaired) electrons. The van der Waals surface area contributed by atoms with Crippen LogP contribution in [0.3, 0.4) is 0 Å². The van der Waals surface area contributed by atoms with E-state index in [4.69, 9.17) is 4.74 Å². The first-order chi connectivity index (χ1) is 14.4. The molecule has 0 aliphatic heterocycles. The van der Waals surface area contributed by atoms with Gasteiger partial charge in [0.1, 0.15) is 23.8 Å². The topological polar surface area (TPSA) is 76.2 Å². The number of nitrogens with zero attached hydrogens (tertiary/aromatic N) is 1. The number of anilines is 1. The highest BCUT2D eigenvalue weighted by Crippen LogP contribution is 2.28. The molecule has 2 heterocycles. The van der Waals surface area contributed by atoms with E-state index in [0.29, 0.717) is 22.3 Å². The average molecular weight is 433 g/mol. The van der Waals surface area contributed by atoms with Crippen molar-refractivity contribution in [2.24, 2.45) is 0 Å². The van der Waals surface area contributed by atoms with Crippen molar-refractivity contribution < 1.29 is 27.4 Å². The third-order valence-electron chi connectivity index (χ3n) is 4.07. The molecule has 0 fully saturated rings. The molecule has 0 aliphatic rings. The molecule has 0 bridgehead atoms. The fraction of sp³-hybridized carbons (Fsp3) is 0.100. The van der Waals surface area contributed by atoms with Crippen molar-refractivity contribution in [1.82, 2.24) is 9.97 Å². The van der Waals surface area contributed by atoms with Gasteiger partial charge in [0.15, 0.2) is 0 Å². The van der Waals surface area contributed by atoms with E-state index in [1.165, 1.54) is 29.5 Å². The predicted octanol–water partition coefficient (Wildman–Crippen LogP) is 5.35. The molecule has 10 heteroatoms. The highest BCUT2D eigenvalue weighted by molar-refractivity contribution is 7.07. The summed E-state index contributed by atoms with van der Waals surface area (Å²) < 4.78 is 46.8. The molecule has 2 aromatic heterocycles. The fourth-order valence-corrected chi connectivity index (χ4v) is 3.31. The lowest BCUT2D eigenvalue weighted by Gasteiger charge is -2.11. The summed E-state index contributed by atoms with van der Waals surface area (Å²) >= 11 is 1.46. The Morgan fingerprint density at radius 2 is 2.00 bits per heavy atom. The number of ether oxygens (including phenoxy) is 2. The minimum Gasteiger partial charge on any atom is -0.485 e. The second-order valence-corrected chi connectivity index (χ2v) is 6.92. The Bertz CT molecular complexity index is 1170. The lowest BCUT2D eigenvalue weighted by atomic mass is 10.2. The van der Waals surface area contributed by atoms with Crippen LogP contribution in [0, 0.1) is 0 Å². The maximum Gasteiger partial charge on any atom is 0.573 e. The number of benzene rings is 2. The number of hydrogen-bond donors (Lipinski definition) is 2. The SMILES string of the molecule is O=C(Nc1ccccc1OCc1cscn1)c1cc2ccc(OC(F)(F)F)cc2[nH]1. The molecule has 2 N–H and O–H groups in total. The number of alkyl halides is 3. The van der Waals surface area contributed by atoms with Gasteiger partial charge in [0.05, 0.1) is 16.9 Å². The van der Waals surface area contributed by atoms with Crippen LogP contribution < -0.4 is 14.8 Å². The molecule has 2 aromatic carbocycles. The normalized spacial score (nSPS) is 11.4. The second-order valence-electron chi connectivity index (χ2n) is 6.20. The maximum atomic E-state index is 12.7. The number of hydrogen-bond acceptors (Lipinski definition) is 5. The first-order valence-electron chi connectivity index (χ1n) is 8.66. The van der Waals surface area contributed by atoms with E-state index in [2.05, 4.69) is 20.0 Å². The van der Waals surface area contributed by atoms with Gasteiger partial charge in [0, 0.05) is 22.3 Å². The van der Waals surface area contributed by atoms with E-state index < -0.39 is 12.3 Å². The number of carbonyl (C=O) groups is 1. The number of amides is 1. The van der Waals surface area contributed by atoms with Gasteiger partial charge in [-0.1, -0.05) is 12.1 Å². The molecule has 4 rings (SSSR count). The largest absolute Gasteiger partial charge is 0.573 e. The molecular weight excluding hydrogens is 419 g/mol. The summed E-state index contributed by atoms with van der Waals surface area (Å²) in [7, 11) is 0. The van der Waals surface area contributed by atoms with E-state index in [9.17, 15) is 18.0 Å². The molecule has 0 aliphatic carbocycles. The van der Waals surface area contributed by atoms with E-state index in [1.54, 1.807) is 35.8 Å². The Balaban J connectivity index is 1.50. The quantitative estimate of drug-likeness (QED) is 0.430. The van der Waals surface area contributed by atoms with E-state index in [0.717, 1.165) is 5.69 Å². The second kappa shape index (κ2) is 8.07. The number of fused-ring (bicyclic) bond motifs is 1. The van der Waals surface area contributed by atoms with Crippen molar-refractivity contribution >= 4 is 33.8 Å². The van der Waals surface area contributed by atoms with Gasteiger partial charge < -0.3 is 19.8 Å². The predicted molar refractivity (Wildman–Crippen MR) is 106 cm³/mol. The molecule has 1 amide bonds. The van der Waals surface area contributed by atoms with Gasteiger partial charge in [-0.2, -0.15) is 0 Å². The van der Waals surface area contributed by atoms with Gasteiger partial charge >= 0.3 is 6.36 Å². The number of nitrogens with one attached hydrogen (secondary N) is 2. The van der Waals surface area contributed by atoms with Crippen LogP contribution in [0.1, 0.15) is 16.2 Å². The number of para-hydroxylation sites is 2. The Labute approximate surface area is 172 Å². The Hall–Kier alpha value is -3.53. The minimum absolute atomic E-state index is 0.184. The molecule has 0 saturated carbocycles. The van der Waals surface area contributed by atoms with Gasteiger partial charge in [-0.05, 0) is 30.3 Å². The number of thiazole rings is 1. The zero-order chi connectivity index (χ0) is 21.1. The van der Waals surface area contributed by atoms with Gasteiger partial charge in [-0.25, -0.2) is 4.98 Å². The van der Waals surface area contributed by atoms with Gasteiger partial charge in [-0.15, -0.1) is 24.5 Å². The molecule has 30 heavy (non-hydrogen) atoms. The molecule has 0 saturated heterocycles. The lowest BCUT2D eigenvalue weighted by Crippen LogP contribution is -2.16. The summed E-state index contributed by atoms with van der Waals surface area (Å²) in [6.45, 7) is 0.255. The standard InChI is InChI=1S/C20H14F3N3O3S/c21-20(22,23)29-14-6-5-12-7-17(25-16(12)8-14)19(27)26-15-3-1-2-4-18(15)28-9-13-10-30-11-24-13/h1-8,10-11,25H,9H2,(H,26,27). The van der Waals surface area contributed by atoms with Crippen LogP contribution in [-0.2, 0) is 6.61 Å². The number of aromatic nitrogens is 2. The van der Waals surface area contributed by atoms with Crippen molar-refractivity contribution in [1.29, 1.82) is 0 Å². The molecule has 0 spiro atoms. The van der Waals surface area contributed by atoms with Gasteiger partial charge in [0.25, 0.3) is 5.91 Å². The van der Waals surface area contributed by atoms with Crippen molar-refractivity contribution in [3.05, 3.63) is 70.8 Å². The van der Waals surface area contributed by atoms with E-state index in [1.807, 2.05) is 5.38 Å². The first kappa shape index (κ1) is 19.8. The third kappa shape index (κ3) is 4.71. The third-order valence-corrected chi connectivity index (χ3v) is 4.70. The lowest BCUT2D eigenvalue weighted by molar-refractivity contribution is -0.274. The highest BCUT2D eigenvalue weighted by Gasteiger charge is 2.31. The summed E-state index contributed by atoms with van der Waals surface area (Å²) in [4.78, 5) is 19.6.